The van der Waals surface area contributed by atoms with Crippen molar-refractivity contribution in [3.8, 4) is 0 Å². The predicted molar refractivity (Wildman–Crippen MR) is 104 cm³/mol. The Hall–Kier alpha value is -1.62. The summed E-state index contributed by atoms with van der Waals surface area (Å²) >= 11 is 0. The van der Waals surface area contributed by atoms with Crippen LogP contribution in [0.2, 0.25) is 0 Å². The zero-order valence-corrected chi connectivity index (χ0v) is 16.1. The maximum Gasteiger partial charge on any atom is 0.191 e. The van der Waals surface area contributed by atoms with E-state index in [0.29, 0.717) is 0 Å². The monoisotopic (exact) mass is 361 g/mol. The van der Waals surface area contributed by atoms with Crippen LogP contribution in [0.4, 0.5) is 4.39 Å². The molecule has 0 amide bonds. The molecule has 0 bridgehead atoms. The summed E-state index contributed by atoms with van der Waals surface area (Å²) in [6, 6.07) is 7.36. The Kier molecular flexibility index (Phi) is 6.52. The van der Waals surface area contributed by atoms with Gasteiger partial charge in [-0.1, -0.05) is 31.0 Å². The van der Waals surface area contributed by atoms with Gasteiger partial charge in [-0.05, 0) is 49.7 Å². The Bertz CT molecular complexity index is 613. The molecule has 0 aliphatic heterocycles. The lowest BCUT2D eigenvalue weighted by molar-refractivity contribution is 0.141. The number of nitrogens with one attached hydrogen (secondary N) is 2. The summed E-state index contributed by atoms with van der Waals surface area (Å²) in [5.41, 5.74) is 1.10. The largest absolute Gasteiger partial charge is 0.385 e. The van der Waals surface area contributed by atoms with Gasteiger partial charge in [0.1, 0.15) is 5.82 Å². The van der Waals surface area contributed by atoms with Gasteiger partial charge in [0, 0.05) is 38.8 Å². The molecule has 26 heavy (non-hydrogen) atoms. The summed E-state index contributed by atoms with van der Waals surface area (Å²) in [4.78, 5) is 4.90. The number of methoxy groups -OCH3 is 1. The number of rotatable bonds is 8. The van der Waals surface area contributed by atoms with Crippen molar-refractivity contribution < 1.29 is 9.13 Å². The fourth-order valence-electron chi connectivity index (χ4n) is 4.15. The highest BCUT2D eigenvalue weighted by molar-refractivity contribution is 5.80. The average Bonchev–Trinajstić information content (AvgIpc) is 3.24. The van der Waals surface area contributed by atoms with Crippen LogP contribution >= 0.6 is 0 Å². The first kappa shape index (κ1) is 19.2. The molecule has 2 atom stereocenters. The standard InChI is InChI=1S/C21H32FN3O/c1-3-23-20(24-15-21(12-13-26-2)10-6-7-11-21)25-19-14-17(19)16-8-4-5-9-18(16)22/h4-5,8-9,17,19H,3,6-7,10-15H2,1-2H3,(H2,23,24,25). The third-order valence-corrected chi connectivity index (χ3v) is 5.83. The second kappa shape index (κ2) is 8.85. The fraction of sp³-hybridized carbons (Fsp3) is 0.667. The van der Waals surface area contributed by atoms with Crippen LogP contribution in [-0.4, -0.2) is 38.8 Å². The number of ether oxygens (including phenoxy) is 1. The molecule has 2 saturated carbocycles. The van der Waals surface area contributed by atoms with E-state index >= 15 is 0 Å². The van der Waals surface area contributed by atoms with E-state index < -0.39 is 0 Å². The molecule has 2 N–H and O–H groups in total. The Morgan fingerprint density at radius 3 is 2.77 bits per heavy atom. The third kappa shape index (κ3) is 4.76. The molecule has 4 nitrogen and oxygen atoms in total. The first-order chi connectivity index (χ1) is 12.7. The van der Waals surface area contributed by atoms with Crippen LogP contribution in [0.1, 0.15) is 56.9 Å². The molecular formula is C21H32FN3O. The van der Waals surface area contributed by atoms with Gasteiger partial charge in [-0.2, -0.15) is 0 Å². The topological polar surface area (TPSA) is 45.7 Å². The molecule has 2 unspecified atom stereocenters. The van der Waals surface area contributed by atoms with Crippen molar-refractivity contribution in [2.24, 2.45) is 10.4 Å². The van der Waals surface area contributed by atoms with Crippen molar-refractivity contribution in [2.75, 3.05) is 26.8 Å². The van der Waals surface area contributed by atoms with Crippen molar-refractivity contribution in [1.82, 2.24) is 10.6 Å². The van der Waals surface area contributed by atoms with E-state index in [2.05, 4.69) is 17.6 Å². The lowest BCUT2D eigenvalue weighted by Crippen LogP contribution is -2.40. The maximum absolute atomic E-state index is 14.0. The van der Waals surface area contributed by atoms with Gasteiger partial charge in [-0.25, -0.2) is 4.39 Å². The molecule has 0 spiro atoms. The first-order valence-corrected chi connectivity index (χ1v) is 9.96. The van der Waals surface area contributed by atoms with Crippen molar-refractivity contribution in [3.05, 3.63) is 35.6 Å². The van der Waals surface area contributed by atoms with Gasteiger partial charge in [0.25, 0.3) is 0 Å². The van der Waals surface area contributed by atoms with Gasteiger partial charge in [0.15, 0.2) is 5.96 Å². The molecule has 5 heteroatoms. The normalized spacial score (nSPS) is 24.5. The van der Waals surface area contributed by atoms with Gasteiger partial charge in [0.05, 0.1) is 0 Å². The Labute approximate surface area is 156 Å². The minimum Gasteiger partial charge on any atom is -0.385 e. The molecule has 0 heterocycles. The van der Waals surface area contributed by atoms with E-state index in [1.54, 1.807) is 19.2 Å². The molecule has 2 aliphatic rings. The lowest BCUT2D eigenvalue weighted by Gasteiger charge is -2.27. The van der Waals surface area contributed by atoms with Crippen molar-refractivity contribution in [3.63, 3.8) is 0 Å². The number of halogens is 1. The number of hydrogen-bond acceptors (Lipinski definition) is 2. The predicted octanol–water partition coefficient (Wildman–Crippen LogP) is 3.83. The molecule has 0 radical (unpaired) electrons. The highest BCUT2D eigenvalue weighted by Crippen LogP contribution is 2.43. The van der Waals surface area contributed by atoms with Gasteiger partial charge in [-0.15, -0.1) is 0 Å². The summed E-state index contributed by atoms with van der Waals surface area (Å²) in [6.07, 6.45) is 7.09. The van der Waals surface area contributed by atoms with Gasteiger partial charge in [0.2, 0.25) is 0 Å². The summed E-state index contributed by atoms with van der Waals surface area (Å²) in [7, 11) is 1.77. The molecule has 1 aromatic rings. The summed E-state index contributed by atoms with van der Waals surface area (Å²) < 4.78 is 19.3. The minimum atomic E-state index is -0.104. The van der Waals surface area contributed by atoms with Gasteiger partial charge < -0.3 is 15.4 Å². The van der Waals surface area contributed by atoms with Crippen LogP contribution in [-0.2, 0) is 4.74 Å². The molecule has 2 aliphatic carbocycles. The SMILES string of the molecule is CCNC(=NCC1(CCOC)CCCC1)NC1CC1c1ccccc1F. The van der Waals surface area contributed by atoms with E-state index in [4.69, 9.17) is 9.73 Å². The summed E-state index contributed by atoms with van der Waals surface area (Å²) in [5, 5.41) is 6.86. The Morgan fingerprint density at radius 2 is 2.08 bits per heavy atom. The third-order valence-electron chi connectivity index (χ3n) is 5.83. The highest BCUT2D eigenvalue weighted by Gasteiger charge is 2.40. The number of aliphatic imine (C=N–C) groups is 1. The average molecular weight is 362 g/mol. The van der Waals surface area contributed by atoms with Crippen molar-refractivity contribution >= 4 is 5.96 Å². The molecule has 1 aromatic carbocycles. The second-order valence-corrected chi connectivity index (χ2v) is 7.76. The van der Waals surface area contributed by atoms with E-state index in [9.17, 15) is 4.39 Å². The van der Waals surface area contributed by atoms with Crippen LogP contribution in [0, 0.1) is 11.2 Å². The quantitative estimate of drug-likeness (QED) is 0.546. The molecule has 3 rings (SSSR count). The smallest absolute Gasteiger partial charge is 0.191 e. The highest BCUT2D eigenvalue weighted by atomic mass is 19.1. The molecule has 0 aromatic heterocycles. The minimum absolute atomic E-state index is 0.104. The summed E-state index contributed by atoms with van der Waals surface area (Å²) in [6.45, 7) is 4.54. The zero-order valence-electron chi connectivity index (χ0n) is 16.1. The van der Waals surface area contributed by atoms with E-state index in [-0.39, 0.29) is 23.2 Å². The second-order valence-electron chi connectivity index (χ2n) is 7.76. The lowest BCUT2D eigenvalue weighted by atomic mass is 9.83. The van der Waals surface area contributed by atoms with Gasteiger partial charge in [-0.3, -0.25) is 4.99 Å². The number of benzene rings is 1. The zero-order chi connectivity index (χ0) is 18.4. The van der Waals surface area contributed by atoms with Crippen LogP contribution in [0.3, 0.4) is 0 Å². The fourth-order valence-corrected chi connectivity index (χ4v) is 4.15. The molecule has 2 fully saturated rings. The number of nitrogens with zero attached hydrogens (tertiary/aromatic N) is 1. The number of hydrogen-bond donors (Lipinski definition) is 2. The Balaban J connectivity index is 1.60. The molecular weight excluding hydrogens is 329 g/mol. The first-order valence-electron chi connectivity index (χ1n) is 9.96. The van der Waals surface area contributed by atoms with Crippen LogP contribution in [0.5, 0.6) is 0 Å². The van der Waals surface area contributed by atoms with Crippen LogP contribution in [0.25, 0.3) is 0 Å². The number of guanidine groups is 1. The summed E-state index contributed by atoms with van der Waals surface area (Å²) in [5.74, 6) is 1.00. The Morgan fingerprint density at radius 1 is 1.31 bits per heavy atom. The molecule has 0 saturated heterocycles. The van der Waals surface area contributed by atoms with E-state index in [0.717, 1.165) is 44.1 Å². The van der Waals surface area contributed by atoms with Crippen molar-refractivity contribution in [2.45, 2.75) is 57.4 Å². The van der Waals surface area contributed by atoms with E-state index in [1.165, 1.54) is 25.7 Å². The van der Waals surface area contributed by atoms with Gasteiger partial charge >= 0.3 is 0 Å². The maximum atomic E-state index is 14.0. The van der Waals surface area contributed by atoms with Crippen molar-refractivity contribution in [1.29, 1.82) is 0 Å². The van der Waals surface area contributed by atoms with E-state index in [1.807, 2.05) is 12.1 Å². The molecule has 144 valence electrons. The van der Waals surface area contributed by atoms with Crippen LogP contribution in [0.15, 0.2) is 29.3 Å². The van der Waals surface area contributed by atoms with Crippen LogP contribution < -0.4 is 10.6 Å².